The molecule has 0 N–H and O–H groups in total. The molecule has 0 atom stereocenters. The number of aromatic nitrogens is 6. The van der Waals surface area contributed by atoms with E-state index in [-0.39, 0.29) is 0 Å². The Balaban J connectivity index is 1.13. The van der Waals surface area contributed by atoms with Crippen LogP contribution >= 0.6 is 0 Å². The molecular formula is C59H38N8. The van der Waals surface area contributed by atoms with E-state index in [0.29, 0.717) is 28.7 Å². The molecule has 0 bridgehead atoms. The highest BCUT2D eigenvalue weighted by molar-refractivity contribution is 5.93. The van der Waals surface area contributed by atoms with E-state index in [2.05, 4.69) is 120 Å². The summed E-state index contributed by atoms with van der Waals surface area (Å²) in [6.07, 6.45) is 7.18. The molecule has 0 radical (unpaired) electrons. The van der Waals surface area contributed by atoms with Gasteiger partial charge in [-0.05, 0) is 128 Å². The van der Waals surface area contributed by atoms with Crippen LogP contribution in [0.15, 0.2) is 195 Å². The Bertz CT molecular complexity index is 3540. The predicted octanol–water partition coefficient (Wildman–Crippen LogP) is 14.1. The van der Waals surface area contributed by atoms with Gasteiger partial charge < -0.3 is 0 Å². The van der Waals surface area contributed by atoms with Crippen LogP contribution in [0.5, 0.6) is 0 Å². The first-order valence-electron chi connectivity index (χ1n) is 21.9. The molecule has 8 nitrogen and oxygen atoms in total. The van der Waals surface area contributed by atoms with Gasteiger partial charge in [0.1, 0.15) is 0 Å². The van der Waals surface area contributed by atoms with Crippen molar-refractivity contribution in [3.8, 4) is 107 Å². The Morgan fingerprint density at radius 2 is 0.940 bits per heavy atom. The molecule has 0 fully saturated rings. The molecule has 10 aromatic rings. The summed E-state index contributed by atoms with van der Waals surface area (Å²) in [4.78, 5) is 33.4. The van der Waals surface area contributed by atoms with Crippen LogP contribution in [0.1, 0.15) is 30.5 Å². The fraction of sp³-hybridized carbons (Fsp3) is 0.0508. The van der Waals surface area contributed by atoms with E-state index in [4.69, 9.17) is 26.5 Å². The van der Waals surface area contributed by atoms with Crippen LogP contribution in [0.25, 0.3) is 106 Å². The second-order valence-corrected chi connectivity index (χ2v) is 17.1. The first-order valence-corrected chi connectivity index (χ1v) is 21.9. The average Bonchev–Trinajstić information content (AvgIpc) is 3.63. The third kappa shape index (κ3) is 7.59. The fourth-order valence-electron chi connectivity index (χ4n) is 9.06. The van der Waals surface area contributed by atoms with Crippen molar-refractivity contribution >= 4 is 5.69 Å². The van der Waals surface area contributed by atoms with Crippen molar-refractivity contribution < 1.29 is 0 Å². The van der Waals surface area contributed by atoms with Crippen molar-refractivity contribution in [3.63, 3.8) is 0 Å². The van der Waals surface area contributed by atoms with Crippen LogP contribution in [-0.4, -0.2) is 29.9 Å². The van der Waals surface area contributed by atoms with Gasteiger partial charge in [0.2, 0.25) is 0 Å². The van der Waals surface area contributed by atoms with Gasteiger partial charge >= 0.3 is 0 Å². The van der Waals surface area contributed by atoms with Gasteiger partial charge in [0, 0.05) is 63.6 Å². The normalized spacial score (nSPS) is 12.1. The molecule has 0 aliphatic heterocycles. The minimum absolute atomic E-state index is 0.473. The Morgan fingerprint density at radius 3 is 1.52 bits per heavy atom. The van der Waals surface area contributed by atoms with Gasteiger partial charge in [-0.25, -0.2) is 24.8 Å². The van der Waals surface area contributed by atoms with Crippen molar-refractivity contribution in [2.45, 2.75) is 19.3 Å². The van der Waals surface area contributed by atoms with Gasteiger partial charge in [-0.2, -0.15) is 5.26 Å². The van der Waals surface area contributed by atoms with Crippen LogP contribution in [-0.2, 0) is 5.41 Å². The van der Waals surface area contributed by atoms with Crippen molar-refractivity contribution in [2.24, 2.45) is 0 Å². The highest BCUT2D eigenvalue weighted by Gasteiger charge is 2.37. The summed E-state index contributed by atoms with van der Waals surface area (Å²) < 4.78 is 0. The zero-order chi connectivity index (χ0) is 45.5. The first kappa shape index (κ1) is 40.5. The number of nitrogens with zero attached hydrogens (tertiary/aromatic N) is 8. The summed E-state index contributed by atoms with van der Waals surface area (Å²) in [5.41, 5.74) is 16.3. The van der Waals surface area contributed by atoms with Gasteiger partial charge in [0.15, 0.2) is 23.2 Å². The van der Waals surface area contributed by atoms with E-state index in [9.17, 15) is 5.26 Å². The number of rotatable bonds is 8. The topological polar surface area (TPSA) is 105 Å². The lowest BCUT2D eigenvalue weighted by molar-refractivity contribution is 0.660. The zero-order valence-electron chi connectivity index (χ0n) is 36.6. The second-order valence-electron chi connectivity index (χ2n) is 17.1. The molecule has 1 aliphatic carbocycles. The zero-order valence-corrected chi connectivity index (χ0v) is 36.6. The van der Waals surface area contributed by atoms with Crippen LogP contribution in [0.3, 0.4) is 0 Å². The standard InChI is InChI=1S/C59H38N8/c1-59(2)50-31-42(22-23-49(50)55-51(59)26-37(34-60)27-54(55)61-3)45-28-46(47-32-52(43-16-10-24-62-35-43)64-53(33-47)44-17-11-25-63-36-44)30-48(29-45)58-66-56(40-14-8-5-9-15-40)65-57(67-58)41-20-18-39(19-21-41)38-12-6-4-7-13-38/h4-33,35-36H,1-2H3. The second kappa shape index (κ2) is 16.7. The maximum atomic E-state index is 9.91. The van der Waals surface area contributed by atoms with Gasteiger partial charge in [-0.15, -0.1) is 0 Å². The lowest BCUT2D eigenvalue weighted by Crippen LogP contribution is -2.15. The molecule has 0 saturated heterocycles. The maximum absolute atomic E-state index is 9.91. The lowest BCUT2D eigenvalue weighted by atomic mass is 9.81. The number of nitriles is 1. The average molecular weight is 859 g/mol. The number of hydrogen-bond acceptors (Lipinski definition) is 7. The molecule has 67 heavy (non-hydrogen) atoms. The van der Waals surface area contributed by atoms with Gasteiger partial charge in [0.25, 0.3) is 0 Å². The molecule has 4 aromatic heterocycles. The molecule has 0 saturated carbocycles. The summed E-state index contributed by atoms with van der Waals surface area (Å²) in [5, 5.41) is 9.91. The molecule has 4 heterocycles. The Hall–Kier alpha value is -9.24. The van der Waals surface area contributed by atoms with E-state index in [1.165, 1.54) is 0 Å². The quantitative estimate of drug-likeness (QED) is 0.140. The molecule has 0 spiro atoms. The van der Waals surface area contributed by atoms with E-state index in [1.54, 1.807) is 18.5 Å². The minimum Gasteiger partial charge on any atom is -0.264 e. The van der Waals surface area contributed by atoms with E-state index in [1.807, 2.05) is 91.3 Å². The third-order valence-electron chi connectivity index (χ3n) is 12.5. The van der Waals surface area contributed by atoms with Crippen LogP contribution < -0.4 is 0 Å². The molecule has 1 aliphatic rings. The van der Waals surface area contributed by atoms with E-state index < -0.39 is 5.41 Å². The van der Waals surface area contributed by atoms with Crippen molar-refractivity contribution in [1.82, 2.24) is 29.9 Å². The molecule has 8 heteroatoms. The fourth-order valence-corrected chi connectivity index (χ4v) is 9.06. The third-order valence-corrected chi connectivity index (χ3v) is 12.5. The number of pyridine rings is 3. The van der Waals surface area contributed by atoms with Gasteiger partial charge in [0.05, 0.1) is 24.0 Å². The Kier molecular flexibility index (Phi) is 10.1. The highest BCUT2D eigenvalue weighted by atomic mass is 15.0. The predicted molar refractivity (Wildman–Crippen MR) is 265 cm³/mol. The van der Waals surface area contributed by atoms with Crippen LogP contribution in [0, 0.1) is 17.9 Å². The Labute approximate surface area is 388 Å². The SMILES string of the molecule is [C-]#[N+]c1cc(C#N)cc2c1-c1ccc(-c3cc(-c4cc(-c5cccnc5)nc(-c5cccnc5)c4)cc(-c4nc(-c5ccccc5)nc(-c5ccc(-c6ccccc6)cc5)n4)c3)cc1C2(C)C. The summed E-state index contributed by atoms with van der Waals surface area (Å²) in [7, 11) is 0. The number of fused-ring (bicyclic) bond motifs is 3. The summed E-state index contributed by atoms with van der Waals surface area (Å²) in [6, 6.07) is 59.6. The molecule has 314 valence electrons. The molecule has 0 amide bonds. The monoisotopic (exact) mass is 858 g/mol. The van der Waals surface area contributed by atoms with Gasteiger partial charge in [-0.1, -0.05) is 111 Å². The molecule has 6 aromatic carbocycles. The minimum atomic E-state index is -0.473. The summed E-state index contributed by atoms with van der Waals surface area (Å²) in [6.45, 7) is 12.4. The highest BCUT2D eigenvalue weighted by Crippen LogP contribution is 2.53. The lowest BCUT2D eigenvalue weighted by Gasteiger charge is -2.22. The number of benzene rings is 6. The van der Waals surface area contributed by atoms with Crippen molar-refractivity contribution in [3.05, 3.63) is 223 Å². The first-order chi connectivity index (χ1) is 32.8. The Morgan fingerprint density at radius 1 is 0.448 bits per heavy atom. The largest absolute Gasteiger partial charge is 0.264 e. The van der Waals surface area contributed by atoms with E-state index in [0.717, 1.165) is 94.8 Å². The maximum Gasteiger partial charge on any atom is 0.196 e. The van der Waals surface area contributed by atoms with Crippen LogP contribution in [0.2, 0.25) is 0 Å². The van der Waals surface area contributed by atoms with Crippen molar-refractivity contribution in [1.29, 1.82) is 5.26 Å². The molecule has 0 unspecified atom stereocenters. The smallest absolute Gasteiger partial charge is 0.196 e. The molecular weight excluding hydrogens is 821 g/mol. The van der Waals surface area contributed by atoms with Crippen molar-refractivity contribution in [2.75, 3.05) is 0 Å². The van der Waals surface area contributed by atoms with Gasteiger partial charge in [-0.3, -0.25) is 9.97 Å². The summed E-state index contributed by atoms with van der Waals surface area (Å²) in [5.74, 6) is 1.64. The van der Waals surface area contributed by atoms with Crippen LogP contribution in [0.4, 0.5) is 5.69 Å². The number of hydrogen-bond donors (Lipinski definition) is 0. The van der Waals surface area contributed by atoms with E-state index >= 15 is 0 Å². The summed E-state index contributed by atoms with van der Waals surface area (Å²) >= 11 is 0. The molecule has 11 rings (SSSR count).